The molecule has 1 aliphatic heterocycles. The van der Waals surface area contributed by atoms with Gasteiger partial charge in [0.25, 0.3) is 0 Å². The van der Waals surface area contributed by atoms with Gasteiger partial charge in [-0.05, 0) is 109 Å². The minimum Gasteiger partial charge on any atom is -0.492 e. The van der Waals surface area contributed by atoms with Gasteiger partial charge in [-0.15, -0.1) is 11.3 Å². The molecule has 0 spiro atoms. The van der Waals surface area contributed by atoms with Crippen molar-refractivity contribution in [2.45, 2.75) is 73.6 Å². The van der Waals surface area contributed by atoms with Crippen LogP contribution in [0.2, 0.25) is 0 Å². The molecule has 1 aliphatic rings. The average Bonchev–Trinajstić information content (AvgIpc) is 3.39. The molecular weight excluding hydrogens is 623 g/mol. The molecule has 8 heteroatoms. The SMILES string of the molecule is CC(C)(C)CC(=O)Oc1ccc(-c2sc3cc(OC(=O)CC(C)(C)C)ccc3c2C(=O)c2ccc(OCCN3CCCCC3)cc2)cc1. The molecular formula is C40H47NO6S. The fourth-order valence-corrected chi connectivity index (χ4v) is 7.00. The number of fused-ring (bicyclic) bond motifs is 1. The van der Waals surface area contributed by atoms with Crippen molar-refractivity contribution in [2.24, 2.45) is 10.8 Å². The number of nitrogens with zero attached hydrogens (tertiary/aromatic N) is 1. The van der Waals surface area contributed by atoms with Crippen LogP contribution >= 0.6 is 11.3 Å². The minimum absolute atomic E-state index is 0.116. The van der Waals surface area contributed by atoms with Gasteiger partial charge < -0.3 is 14.2 Å². The average molecular weight is 670 g/mol. The summed E-state index contributed by atoms with van der Waals surface area (Å²) >= 11 is 1.46. The van der Waals surface area contributed by atoms with Crippen molar-refractivity contribution in [3.05, 3.63) is 77.9 Å². The molecule has 0 radical (unpaired) electrons. The Morgan fingerprint density at radius 2 is 1.27 bits per heavy atom. The molecule has 48 heavy (non-hydrogen) atoms. The summed E-state index contributed by atoms with van der Waals surface area (Å²) in [6.45, 7) is 15.7. The third-order valence-electron chi connectivity index (χ3n) is 8.06. The first-order valence-corrected chi connectivity index (χ1v) is 17.6. The second-order valence-corrected chi connectivity index (χ2v) is 16.1. The predicted octanol–water partition coefficient (Wildman–Crippen LogP) is 9.35. The van der Waals surface area contributed by atoms with E-state index in [0.29, 0.717) is 35.7 Å². The topological polar surface area (TPSA) is 82.1 Å². The van der Waals surface area contributed by atoms with Crippen molar-refractivity contribution in [1.82, 2.24) is 4.90 Å². The molecule has 7 nitrogen and oxygen atoms in total. The van der Waals surface area contributed by atoms with Gasteiger partial charge in [0.1, 0.15) is 23.9 Å². The van der Waals surface area contributed by atoms with Crippen LogP contribution in [0.25, 0.3) is 20.5 Å². The van der Waals surface area contributed by atoms with E-state index in [9.17, 15) is 14.4 Å². The first-order chi connectivity index (χ1) is 22.7. The van der Waals surface area contributed by atoms with Crippen molar-refractivity contribution in [3.63, 3.8) is 0 Å². The van der Waals surface area contributed by atoms with E-state index >= 15 is 0 Å². The van der Waals surface area contributed by atoms with Crippen molar-refractivity contribution >= 4 is 39.1 Å². The zero-order valence-corrected chi connectivity index (χ0v) is 29.8. The van der Waals surface area contributed by atoms with E-state index in [4.69, 9.17) is 14.2 Å². The van der Waals surface area contributed by atoms with E-state index < -0.39 is 0 Å². The molecule has 5 rings (SSSR count). The van der Waals surface area contributed by atoms with Crippen LogP contribution in [0, 0.1) is 10.8 Å². The van der Waals surface area contributed by atoms with Gasteiger partial charge in [-0.25, -0.2) is 0 Å². The molecule has 0 amide bonds. The minimum atomic E-state index is -0.301. The molecule has 3 aromatic carbocycles. The molecule has 0 unspecified atom stereocenters. The molecule has 1 saturated heterocycles. The molecule has 1 fully saturated rings. The number of esters is 2. The lowest BCUT2D eigenvalue weighted by Gasteiger charge is -2.26. The van der Waals surface area contributed by atoms with Gasteiger partial charge in [-0.1, -0.05) is 48.0 Å². The predicted molar refractivity (Wildman–Crippen MR) is 192 cm³/mol. The molecule has 254 valence electrons. The number of piperidine rings is 1. The Morgan fingerprint density at radius 3 is 1.88 bits per heavy atom. The monoisotopic (exact) mass is 669 g/mol. The number of rotatable bonds is 11. The Morgan fingerprint density at radius 1 is 0.708 bits per heavy atom. The standard InChI is InChI=1S/C40H47NO6S/c1-39(2,3)25-34(42)46-30-16-12-28(13-17-30)38-36(32-19-18-31(24-33(32)48-38)47-35(43)26-40(4,5)6)37(44)27-10-14-29(15-11-27)45-23-22-41-20-8-7-9-21-41/h10-19,24H,7-9,20-23,25-26H2,1-6H3. The van der Waals surface area contributed by atoms with E-state index in [1.807, 2.05) is 90.1 Å². The highest BCUT2D eigenvalue weighted by Gasteiger charge is 2.24. The zero-order valence-electron chi connectivity index (χ0n) is 29.0. The second-order valence-electron chi connectivity index (χ2n) is 15.0. The highest BCUT2D eigenvalue weighted by atomic mass is 32.1. The summed E-state index contributed by atoms with van der Waals surface area (Å²) in [6, 6.07) is 20.0. The maximum absolute atomic E-state index is 14.2. The first kappa shape index (κ1) is 35.3. The number of benzene rings is 3. The van der Waals surface area contributed by atoms with E-state index in [0.717, 1.165) is 45.9 Å². The first-order valence-electron chi connectivity index (χ1n) is 16.8. The smallest absolute Gasteiger partial charge is 0.311 e. The maximum atomic E-state index is 14.2. The number of ketones is 1. The van der Waals surface area contributed by atoms with E-state index in [1.165, 1.54) is 30.6 Å². The van der Waals surface area contributed by atoms with E-state index in [-0.39, 0.29) is 35.0 Å². The lowest BCUT2D eigenvalue weighted by molar-refractivity contribution is -0.137. The van der Waals surface area contributed by atoms with E-state index in [2.05, 4.69) is 4.90 Å². The van der Waals surface area contributed by atoms with Crippen molar-refractivity contribution in [2.75, 3.05) is 26.2 Å². The van der Waals surface area contributed by atoms with Crippen LogP contribution < -0.4 is 14.2 Å². The van der Waals surface area contributed by atoms with Crippen LogP contribution in [-0.2, 0) is 9.59 Å². The lowest BCUT2D eigenvalue weighted by Crippen LogP contribution is -2.33. The largest absolute Gasteiger partial charge is 0.492 e. The number of carbonyl (C=O) groups excluding carboxylic acids is 3. The van der Waals surface area contributed by atoms with Gasteiger partial charge in [0.2, 0.25) is 0 Å². The van der Waals surface area contributed by atoms with Crippen LogP contribution in [0.5, 0.6) is 17.2 Å². The number of hydrogen-bond donors (Lipinski definition) is 0. The number of hydrogen-bond acceptors (Lipinski definition) is 8. The summed E-state index contributed by atoms with van der Waals surface area (Å²) in [5.41, 5.74) is 1.56. The maximum Gasteiger partial charge on any atom is 0.311 e. The highest BCUT2D eigenvalue weighted by molar-refractivity contribution is 7.22. The third kappa shape index (κ3) is 9.77. The van der Waals surface area contributed by atoms with Crippen LogP contribution in [-0.4, -0.2) is 48.9 Å². The number of carbonyl (C=O) groups is 3. The Labute approximate surface area is 288 Å². The number of likely N-dealkylation sites (tertiary alicyclic amines) is 1. The Kier molecular flexibility index (Phi) is 11.1. The molecule has 0 atom stereocenters. The molecule has 1 aromatic heterocycles. The lowest BCUT2D eigenvalue weighted by atomic mass is 9.92. The Bertz CT molecular complexity index is 1740. The van der Waals surface area contributed by atoms with Crippen molar-refractivity contribution in [3.8, 4) is 27.7 Å². The summed E-state index contributed by atoms with van der Waals surface area (Å²) < 4.78 is 18.1. The Hall–Kier alpha value is -4.01. The van der Waals surface area contributed by atoms with Crippen LogP contribution in [0.15, 0.2) is 66.7 Å². The molecule has 0 saturated carbocycles. The molecule has 4 aromatic rings. The van der Waals surface area contributed by atoms with Gasteiger partial charge in [0.05, 0.1) is 12.8 Å². The third-order valence-corrected chi connectivity index (χ3v) is 9.26. The van der Waals surface area contributed by atoms with Gasteiger partial charge in [-0.2, -0.15) is 0 Å². The fourth-order valence-electron chi connectivity index (χ4n) is 5.77. The summed E-state index contributed by atoms with van der Waals surface area (Å²) in [5, 5.41) is 0.776. The number of thiophene rings is 1. The molecule has 2 heterocycles. The van der Waals surface area contributed by atoms with Crippen LogP contribution in [0.4, 0.5) is 0 Å². The summed E-state index contributed by atoms with van der Waals surface area (Å²) in [7, 11) is 0. The normalized spacial score (nSPS) is 14.1. The molecule has 0 N–H and O–H groups in total. The summed E-state index contributed by atoms with van der Waals surface area (Å²) in [4.78, 5) is 42.4. The molecule has 0 aliphatic carbocycles. The van der Waals surface area contributed by atoms with Gasteiger partial charge in [-0.3, -0.25) is 19.3 Å². The zero-order chi connectivity index (χ0) is 34.5. The summed E-state index contributed by atoms with van der Waals surface area (Å²) in [5.74, 6) is 0.915. The number of ether oxygens (including phenoxy) is 3. The van der Waals surface area contributed by atoms with Crippen molar-refractivity contribution in [1.29, 1.82) is 0 Å². The van der Waals surface area contributed by atoms with Gasteiger partial charge in [0.15, 0.2) is 5.78 Å². The fraction of sp³-hybridized carbons (Fsp3) is 0.425. The van der Waals surface area contributed by atoms with E-state index in [1.54, 1.807) is 18.2 Å². The van der Waals surface area contributed by atoms with Crippen LogP contribution in [0.3, 0.4) is 0 Å². The summed E-state index contributed by atoms with van der Waals surface area (Å²) in [6.07, 6.45) is 4.38. The molecule has 0 bridgehead atoms. The quantitative estimate of drug-likeness (QED) is 0.0894. The van der Waals surface area contributed by atoms with Gasteiger partial charge >= 0.3 is 11.9 Å². The Balaban J connectivity index is 1.41. The van der Waals surface area contributed by atoms with Crippen LogP contribution in [0.1, 0.15) is 89.6 Å². The second kappa shape index (κ2) is 15.0. The van der Waals surface area contributed by atoms with Crippen molar-refractivity contribution < 1.29 is 28.6 Å². The van der Waals surface area contributed by atoms with Gasteiger partial charge in [0, 0.05) is 32.6 Å². The highest BCUT2D eigenvalue weighted by Crippen LogP contribution is 2.42.